The molecule has 0 saturated carbocycles. The average Bonchev–Trinajstić information content (AvgIpc) is 2.88. The van der Waals surface area contributed by atoms with E-state index in [-0.39, 0.29) is 5.41 Å². The molecule has 2 aliphatic rings. The molecule has 15 heteroatoms. The van der Waals surface area contributed by atoms with Crippen LogP contribution < -0.4 is 4.74 Å². The molecule has 216 valence electrons. The summed E-state index contributed by atoms with van der Waals surface area (Å²) in [6.45, 7) is 4.58. The van der Waals surface area contributed by atoms with Gasteiger partial charge in [0.1, 0.15) is 0 Å². The molecule has 4 heterocycles. The highest BCUT2D eigenvalue weighted by atomic mass is 19.4. The number of carbonyl (C=O) groups is 2. The largest absolute Gasteiger partial charge is 0.490 e. The van der Waals surface area contributed by atoms with E-state index in [0.29, 0.717) is 18.6 Å². The van der Waals surface area contributed by atoms with Crippen LogP contribution in [0.25, 0.3) is 0 Å². The molecule has 0 aromatic carbocycles. The Morgan fingerprint density at radius 1 is 1.03 bits per heavy atom. The first-order chi connectivity index (χ1) is 18.2. The smallest absolute Gasteiger partial charge is 0.477 e. The summed E-state index contributed by atoms with van der Waals surface area (Å²) in [5.74, 6) is -4.81. The lowest BCUT2D eigenvalue weighted by atomic mass is 9.73. The van der Waals surface area contributed by atoms with Crippen LogP contribution in [0.3, 0.4) is 0 Å². The number of halogens is 6. The molecule has 0 amide bonds. The molecule has 0 radical (unpaired) electrons. The summed E-state index contributed by atoms with van der Waals surface area (Å²) >= 11 is 0. The quantitative estimate of drug-likeness (QED) is 0.512. The number of hydrogen-bond acceptors (Lipinski definition) is 7. The fourth-order valence-corrected chi connectivity index (χ4v) is 4.12. The maximum atomic E-state index is 10.6. The van der Waals surface area contributed by atoms with Gasteiger partial charge in [0.25, 0.3) is 0 Å². The van der Waals surface area contributed by atoms with Crippen molar-refractivity contribution in [3.8, 4) is 5.88 Å². The lowest BCUT2D eigenvalue weighted by Gasteiger charge is -2.50. The predicted molar refractivity (Wildman–Crippen MR) is 123 cm³/mol. The van der Waals surface area contributed by atoms with E-state index in [0.717, 1.165) is 45.5 Å². The highest BCUT2D eigenvalue weighted by Crippen LogP contribution is 2.41. The molecule has 4 rings (SSSR count). The van der Waals surface area contributed by atoms with Crippen molar-refractivity contribution in [2.24, 2.45) is 5.41 Å². The second kappa shape index (κ2) is 14.1. The average molecular weight is 567 g/mol. The third kappa shape index (κ3) is 10.7. The van der Waals surface area contributed by atoms with Crippen LogP contribution >= 0.6 is 0 Å². The molecule has 0 bridgehead atoms. The highest BCUT2D eigenvalue weighted by molar-refractivity contribution is 5.73. The van der Waals surface area contributed by atoms with Crippen molar-refractivity contribution < 1.29 is 55.6 Å². The number of carboxylic acids is 2. The molecule has 2 atom stereocenters. The van der Waals surface area contributed by atoms with E-state index in [1.807, 2.05) is 30.6 Å². The molecule has 0 aliphatic carbocycles. The van der Waals surface area contributed by atoms with E-state index in [9.17, 15) is 26.3 Å². The van der Waals surface area contributed by atoms with Gasteiger partial charge in [-0.1, -0.05) is 6.07 Å². The third-order valence-electron chi connectivity index (χ3n) is 5.85. The Hall–Kier alpha value is -3.46. The van der Waals surface area contributed by atoms with E-state index in [1.54, 1.807) is 6.20 Å². The number of aromatic nitrogens is 2. The van der Waals surface area contributed by atoms with Gasteiger partial charge in [-0.25, -0.2) is 14.6 Å². The van der Waals surface area contributed by atoms with E-state index in [1.165, 1.54) is 5.56 Å². The second-order valence-electron chi connectivity index (χ2n) is 8.74. The summed E-state index contributed by atoms with van der Waals surface area (Å²) in [5, 5.41) is 14.2. The van der Waals surface area contributed by atoms with Gasteiger partial charge in [0.05, 0.1) is 12.7 Å². The molecule has 2 saturated heterocycles. The van der Waals surface area contributed by atoms with Crippen LogP contribution in [-0.2, 0) is 20.9 Å². The Labute approximate surface area is 219 Å². The number of carboxylic acid groups (broad SMARTS) is 2. The van der Waals surface area contributed by atoms with Crippen LogP contribution in [0.5, 0.6) is 5.88 Å². The van der Waals surface area contributed by atoms with Crippen LogP contribution in [0.1, 0.15) is 24.8 Å². The normalized spacial score (nSPS) is 21.2. The van der Waals surface area contributed by atoms with Gasteiger partial charge in [0, 0.05) is 56.3 Å². The molecule has 2 unspecified atom stereocenters. The standard InChI is InChI=1S/C20H25N3O2.2C2HF3O2/c1-2-9-22-19(4-1)25-16-20-8-3-13-24-18(20)7-12-23(15-20)14-17-5-10-21-11-6-17;2*3-2(4,5)1(6)7/h1-2,4-6,9-11,18H,3,7-8,12-16H2;2*(H,6,7). The predicted octanol–water partition coefficient (Wildman–Crippen LogP) is 4.19. The highest BCUT2D eigenvalue weighted by Gasteiger charge is 2.46. The summed E-state index contributed by atoms with van der Waals surface area (Å²) in [4.78, 5) is 28.7. The lowest BCUT2D eigenvalue weighted by Crippen LogP contribution is -2.57. The summed E-state index contributed by atoms with van der Waals surface area (Å²) in [6.07, 6.45) is -1.05. The molecular formula is C24H27F6N3O6. The number of aliphatic carboxylic acids is 2. The number of likely N-dealkylation sites (tertiary alicyclic amines) is 1. The third-order valence-corrected chi connectivity index (χ3v) is 5.85. The molecule has 2 aromatic rings. The summed E-state index contributed by atoms with van der Waals surface area (Å²) in [5.41, 5.74) is 1.37. The second-order valence-corrected chi connectivity index (χ2v) is 8.74. The number of fused-ring (bicyclic) bond motifs is 1. The van der Waals surface area contributed by atoms with Gasteiger partial charge in [-0.3, -0.25) is 9.88 Å². The summed E-state index contributed by atoms with van der Waals surface area (Å²) in [7, 11) is 0. The number of hydrogen-bond donors (Lipinski definition) is 2. The minimum Gasteiger partial charge on any atom is -0.477 e. The molecular weight excluding hydrogens is 540 g/mol. The van der Waals surface area contributed by atoms with Crippen LogP contribution in [0.15, 0.2) is 48.9 Å². The first kappa shape index (κ1) is 31.8. The van der Waals surface area contributed by atoms with Gasteiger partial charge in [0.2, 0.25) is 5.88 Å². The van der Waals surface area contributed by atoms with Crippen molar-refractivity contribution in [2.45, 2.75) is 44.3 Å². The van der Waals surface area contributed by atoms with E-state index < -0.39 is 24.3 Å². The number of rotatable bonds is 5. The van der Waals surface area contributed by atoms with Gasteiger partial charge in [-0.05, 0) is 43.0 Å². The Kier molecular flexibility index (Phi) is 11.5. The maximum Gasteiger partial charge on any atom is 0.490 e. The molecule has 0 spiro atoms. The molecule has 2 aliphatic heterocycles. The van der Waals surface area contributed by atoms with Crippen molar-refractivity contribution in [1.29, 1.82) is 0 Å². The van der Waals surface area contributed by atoms with Crippen molar-refractivity contribution >= 4 is 11.9 Å². The SMILES string of the molecule is O=C(O)C(F)(F)F.O=C(O)C(F)(F)F.c1ccc(OCC23CCCOC2CCN(Cc2ccncc2)C3)nc1. The Morgan fingerprint density at radius 3 is 2.18 bits per heavy atom. The van der Waals surface area contributed by atoms with Crippen LogP contribution in [0.4, 0.5) is 26.3 Å². The van der Waals surface area contributed by atoms with E-state index in [4.69, 9.17) is 29.3 Å². The topological polar surface area (TPSA) is 122 Å². The summed E-state index contributed by atoms with van der Waals surface area (Å²) < 4.78 is 75.7. The number of piperidine rings is 1. The zero-order valence-corrected chi connectivity index (χ0v) is 20.5. The molecule has 39 heavy (non-hydrogen) atoms. The zero-order chi connectivity index (χ0) is 29.1. The Morgan fingerprint density at radius 2 is 1.64 bits per heavy atom. The van der Waals surface area contributed by atoms with Crippen LogP contribution in [-0.4, -0.2) is 81.8 Å². The lowest BCUT2D eigenvalue weighted by molar-refractivity contribution is -0.193. The zero-order valence-electron chi connectivity index (χ0n) is 20.5. The van der Waals surface area contributed by atoms with E-state index >= 15 is 0 Å². The monoisotopic (exact) mass is 567 g/mol. The van der Waals surface area contributed by atoms with Gasteiger partial charge in [-0.15, -0.1) is 0 Å². The first-order valence-corrected chi connectivity index (χ1v) is 11.6. The molecule has 2 aromatic heterocycles. The van der Waals surface area contributed by atoms with Crippen LogP contribution in [0, 0.1) is 5.41 Å². The van der Waals surface area contributed by atoms with Crippen molar-refractivity contribution in [3.05, 3.63) is 54.5 Å². The maximum absolute atomic E-state index is 10.6. The molecule has 2 fully saturated rings. The van der Waals surface area contributed by atoms with Crippen molar-refractivity contribution in [2.75, 3.05) is 26.3 Å². The first-order valence-electron chi connectivity index (χ1n) is 11.6. The fourth-order valence-electron chi connectivity index (χ4n) is 4.12. The Bertz CT molecular complexity index is 1020. The van der Waals surface area contributed by atoms with Gasteiger partial charge in [-0.2, -0.15) is 26.3 Å². The van der Waals surface area contributed by atoms with Crippen molar-refractivity contribution in [1.82, 2.24) is 14.9 Å². The van der Waals surface area contributed by atoms with Gasteiger partial charge >= 0.3 is 24.3 Å². The number of ether oxygens (including phenoxy) is 2. The van der Waals surface area contributed by atoms with E-state index in [2.05, 4.69) is 27.0 Å². The molecule has 2 N–H and O–H groups in total. The Balaban J connectivity index is 0.000000317. The summed E-state index contributed by atoms with van der Waals surface area (Å²) in [6, 6.07) is 9.99. The minimum atomic E-state index is -5.08. The number of nitrogens with zero attached hydrogens (tertiary/aromatic N) is 3. The van der Waals surface area contributed by atoms with Gasteiger partial charge < -0.3 is 19.7 Å². The minimum absolute atomic E-state index is 0.0566. The number of alkyl halides is 6. The fraction of sp³-hybridized carbons (Fsp3) is 0.500. The van der Waals surface area contributed by atoms with Crippen LogP contribution in [0.2, 0.25) is 0 Å². The number of pyridine rings is 2. The van der Waals surface area contributed by atoms with Gasteiger partial charge in [0.15, 0.2) is 0 Å². The molecule has 9 nitrogen and oxygen atoms in total. The van der Waals surface area contributed by atoms with Crippen molar-refractivity contribution in [3.63, 3.8) is 0 Å².